The Morgan fingerprint density at radius 2 is 1.76 bits per heavy atom. The largest absolute Gasteiger partial charge is 0.294 e. The first kappa shape index (κ1) is 12.6. The SMILES string of the molecule is CC/C(C)=C1/C(=O)C2(CCCC2)CC1=C(C)C. The van der Waals surface area contributed by atoms with E-state index in [4.69, 9.17) is 0 Å². The molecule has 2 saturated carbocycles. The molecule has 1 spiro atoms. The van der Waals surface area contributed by atoms with Crippen LogP contribution in [0, 0.1) is 5.41 Å². The molecule has 94 valence electrons. The monoisotopic (exact) mass is 232 g/mol. The second kappa shape index (κ2) is 4.44. The van der Waals surface area contributed by atoms with Crippen molar-refractivity contribution in [3.63, 3.8) is 0 Å². The van der Waals surface area contributed by atoms with Crippen molar-refractivity contribution in [1.29, 1.82) is 0 Å². The van der Waals surface area contributed by atoms with Gasteiger partial charge in [0.2, 0.25) is 0 Å². The fourth-order valence-electron chi connectivity index (χ4n) is 3.42. The Balaban J connectivity index is 2.52. The third kappa shape index (κ3) is 1.90. The molecule has 0 saturated heterocycles. The number of ketones is 1. The molecule has 0 radical (unpaired) electrons. The summed E-state index contributed by atoms with van der Waals surface area (Å²) in [5.41, 5.74) is 5.07. The third-order valence-corrected chi connectivity index (χ3v) is 4.65. The minimum atomic E-state index is -0.00162. The number of allylic oxidation sites excluding steroid dienone is 4. The zero-order valence-electron chi connectivity index (χ0n) is 11.7. The molecule has 17 heavy (non-hydrogen) atoms. The fraction of sp³-hybridized carbons (Fsp3) is 0.688. The van der Waals surface area contributed by atoms with Crippen molar-refractivity contribution >= 4 is 5.78 Å². The van der Waals surface area contributed by atoms with E-state index in [2.05, 4.69) is 27.7 Å². The van der Waals surface area contributed by atoms with Gasteiger partial charge in [0.15, 0.2) is 5.78 Å². The summed E-state index contributed by atoms with van der Waals surface area (Å²) in [5, 5.41) is 0. The van der Waals surface area contributed by atoms with Crippen molar-refractivity contribution in [1.82, 2.24) is 0 Å². The Kier molecular flexibility index (Phi) is 3.29. The van der Waals surface area contributed by atoms with Gasteiger partial charge in [0, 0.05) is 11.0 Å². The summed E-state index contributed by atoms with van der Waals surface area (Å²) in [6, 6.07) is 0. The average molecular weight is 232 g/mol. The molecule has 2 rings (SSSR count). The Labute approximate surface area is 105 Å². The van der Waals surface area contributed by atoms with Gasteiger partial charge in [0.25, 0.3) is 0 Å². The first-order valence-corrected chi connectivity index (χ1v) is 6.93. The van der Waals surface area contributed by atoms with E-state index in [0.29, 0.717) is 5.78 Å². The lowest BCUT2D eigenvalue weighted by molar-refractivity contribution is -0.122. The molecule has 0 amide bonds. The second-order valence-corrected chi connectivity index (χ2v) is 5.98. The van der Waals surface area contributed by atoms with Gasteiger partial charge in [0.05, 0.1) is 0 Å². The van der Waals surface area contributed by atoms with Gasteiger partial charge in [-0.3, -0.25) is 4.79 Å². The first-order valence-electron chi connectivity index (χ1n) is 6.93. The predicted octanol–water partition coefficient (Wildman–Crippen LogP) is 4.58. The summed E-state index contributed by atoms with van der Waals surface area (Å²) in [6.45, 7) is 8.58. The molecule has 1 nitrogen and oxygen atoms in total. The Morgan fingerprint density at radius 3 is 2.24 bits per heavy atom. The van der Waals surface area contributed by atoms with Gasteiger partial charge in [-0.1, -0.05) is 30.9 Å². The van der Waals surface area contributed by atoms with Gasteiger partial charge in [-0.2, -0.15) is 0 Å². The van der Waals surface area contributed by atoms with Crippen molar-refractivity contribution < 1.29 is 4.79 Å². The molecule has 2 aliphatic rings. The van der Waals surface area contributed by atoms with Gasteiger partial charge in [-0.25, -0.2) is 0 Å². The minimum Gasteiger partial charge on any atom is -0.294 e. The van der Waals surface area contributed by atoms with E-state index in [1.165, 1.54) is 29.6 Å². The van der Waals surface area contributed by atoms with Crippen LogP contribution in [-0.2, 0) is 4.79 Å². The zero-order valence-corrected chi connectivity index (χ0v) is 11.7. The molecule has 1 heteroatoms. The lowest BCUT2D eigenvalue weighted by atomic mass is 9.82. The molecule has 0 bridgehead atoms. The van der Waals surface area contributed by atoms with Gasteiger partial charge in [0.1, 0.15) is 0 Å². The number of carbonyl (C=O) groups is 1. The summed E-state index contributed by atoms with van der Waals surface area (Å²) in [6.07, 6.45) is 6.71. The Morgan fingerprint density at radius 1 is 1.18 bits per heavy atom. The normalized spacial score (nSPS) is 25.9. The van der Waals surface area contributed by atoms with E-state index in [1.807, 2.05) is 0 Å². The Bertz CT molecular complexity index is 399. The maximum Gasteiger partial charge on any atom is 0.169 e. The van der Waals surface area contributed by atoms with Gasteiger partial charge in [-0.05, 0) is 52.0 Å². The molecular formula is C16H24O. The van der Waals surface area contributed by atoms with Crippen molar-refractivity contribution in [3.05, 3.63) is 22.3 Å². The van der Waals surface area contributed by atoms with Crippen molar-refractivity contribution in [2.24, 2.45) is 5.41 Å². The van der Waals surface area contributed by atoms with Gasteiger partial charge >= 0.3 is 0 Å². The van der Waals surface area contributed by atoms with E-state index in [9.17, 15) is 4.79 Å². The molecule has 0 aliphatic heterocycles. The van der Waals surface area contributed by atoms with Crippen LogP contribution in [0.2, 0.25) is 0 Å². The molecule has 0 aromatic heterocycles. The van der Waals surface area contributed by atoms with E-state index in [1.54, 1.807) is 0 Å². The van der Waals surface area contributed by atoms with Crippen LogP contribution < -0.4 is 0 Å². The van der Waals surface area contributed by atoms with Crippen LogP contribution in [-0.4, -0.2) is 5.78 Å². The number of carbonyl (C=O) groups excluding carboxylic acids is 1. The van der Waals surface area contributed by atoms with Crippen LogP contribution in [0.1, 0.15) is 66.2 Å². The van der Waals surface area contributed by atoms with Crippen molar-refractivity contribution in [2.75, 3.05) is 0 Å². The van der Waals surface area contributed by atoms with Crippen LogP contribution in [0.5, 0.6) is 0 Å². The highest BCUT2D eigenvalue weighted by Gasteiger charge is 2.49. The summed E-state index contributed by atoms with van der Waals surface area (Å²) >= 11 is 0. The maximum atomic E-state index is 12.8. The smallest absolute Gasteiger partial charge is 0.169 e. The lowest BCUT2D eigenvalue weighted by Gasteiger charge is -2.19. The number of rotatable bonds is 1. The third-order valence-electron chi connectivity index (χ3n) is 4.65. The predicted molar refractivity (Wildman–Crippen MR) is 71.9 cm³/mol. The molecule has 0 N–H and O–H groups in total. The molecular weight excluding hydrogens is 208 g/mol. The van der Waals surface area contributed by atoms with E-state index < -0.39 is 0 Å². The minimum absolute atomic E-state index is 0.00162. The standard InChI is InChI=1S/C16H24O/c1-5-12(4)14-13(11(2)3)10-16(15(14)17)8-6-7-9-16/h5-10H2,1-4H3/b14-12+. The molecule has 2 aliphatic carbocycles. The summed E-state index contributed by atoms with van der Waals surface area (Å²) < 4.78 is 0. The quantitative estimate of drug-likeness (QED) is 0.605. The van der Waals surface area contributed by atoms with Crippen LogP contribution in [0.15, 0.2) is 22.3 Å². The van der Waals surface area contributed by atoms with Gasteiger partial charge in [-0.15, -0.1) is 0 Å². The highest BCUT2D eigenvalue weighted by molar-refractivity contribution is 6.08. The lowest BCUT2D eigenvalue weighted by Crippen LogP contribution is -2.22. The Hall–Kier alpha value is -0.850. The average Bonchev–Trinajstić information content (AvgIpc) is 2.87. The molecule has 0 heterocycles. The maximum absolute atomic E-state index is 12.8. The van der Waals surface area contributed by atoms with E-state index in [-0.39, 0.29) is 5.41 Å². The van der Waals surface area contributed by atoms with Crippen LogP contribution in [0.25, 0.3) is 0 Å². The van der Waals surface area contributed by atoms with E-state index >= 15 is 0 Å². The highest BCUT2D eigenvalue weighted by atomic mass is 16.1. The molecule has 0 unspecified atom stereocenters. The van der Waals surface area contributed by atoms with Crippen molar-refractivity contribution in [3.8, 4) is 0 Å². The van der Waals surface area contributed by atoms with E-state index in [0.717, 1.165) is 31.3 Å². The molecule has 0 aromatic rings. The highest BCUT2D eigenvalue weighted by Crippen LogP contribution is 2.53. The fourth-order valence-corrected chi connectivity index (χ4v) is 3.42. The summed E-state index contributed by atoms with van der Waals surface area (Å²) in [5.74, 6) is 0.463. The van der Waals surface area contributed by atoms with Crippen LogP contribution in [0.3, 0.4) is 0 Å². The van der Waals surface area contributed by atoms with Crippen molar-refractivity contribution in [2.45, 2.75) is 66.2 Å². The molecule has 0 atom stereocenters. The second-order valence-electron chi connectivity index (χ2n) is 5.98. The summed E-state index contributed by atoms with van der Waals surface area (Å²) in [4.78, 5) is 12.8. The topological polar surface area (TPSA) is 17.1 Å². The molecule has 0 aromatic carbocycles. The van der Waals surface area contributed by atoms with Gasteiger partial charge < -0.3 is 0 Å². The summed E-state index contributed by atoms with van der Waals surface area (Å²) in [7, 11) is 0. The first-order chi connectivity index (χ1) is 8.02. The van der Waals surface area contributed by atoms with Crippen LogP contribution >= 0.6 is 0 Å². The zero-order chi connectivity index (χ0) is 12.6. The molecule has 2 fully saturated rings. The van der Waals surface area contributed by atoms with Crippen LogP contribution in [0.4, 0.5) is 0 Å². The number of hydrogen-bond donors (Lipinski definition) is 0. The number of hydrogen-bond acceptors (Lipinski definition) is 1. The number of Topliss-reactive ketones (excluding diaryl/α,β-unsaturated/α-hetero) is 1.